The molecular weight excluding hydrogens is 260 g/mol. The second kappa shape index (κ2) is 6.19. The van der Waals surface area contributed by atoms with Crippen molar-refractivity contribution >= 4 is 11.4 Å². The molecule has 1 heterocycles. The van der Waals surface area contributed by atoms with Gasteiger partial charge in [0.25, 0.3) is 0 Å². The molecule has 3 nitrogen and oxygen atoms in total. The van der Waals surface area contributed by atoms with Crippen LogP contribution >= 0.6 is 0 Å². The highest BCUT2D eigenvalue weighted by atomic mass is 16.5. The van der Waals surface area contributed by atoms with E-state index in [-0.39, 0.29) is 0 Å². The number of nitrogens with one attached hydrogen (secondary N) is 1. The highest BCUT2D eigenvalue weighted by Gasteiger charge is 2.15. The van der Waals surface area contributed by atoms with Crippen LogP contribution in [0.25, 0.3) is 0 Å². The zero-order valence-electron chi connectivity index (χ0n) is 12.7. The van der Waals surface area contributed by atoms with Gasteiger partial charge in [0.2, 0.25) is 0 Å². The van der Waals surface area contributed by atoms with E-state index in [4.69, 9.17) is 4.74 Å². The molecule has 0 aliphatic carbocycles. The molecule has 1 N–H and O–H groups in total. The highest BCUT2D eigenvalue weighted by Crippen LogP contribution is 2.27. The van der Waals surface area contributed by atoms with Crippen molar-refractivity contribution in [2.45, 2.75) is 19.6 Å². The molecule has 0 amide bonds. The SMILES string of the molecule is COCc1cccc(NCc2ccc3c(c2)CCN3C)c1. The molecule has 0 atom stereocenters. The van der Waals surface area contributed by atoms with Crippen LogP contribution in [0.3, 0.4) is 0 Å². The van der Waals surface area contributed by atoms with Gasteiger partial charge >= 0.3 is 0 Å². The molecule has 21 heavy (non-hydrogen) atoms. The Labute approximate surface area is 126 Å². The minimum atomic E-state index is 0.653. The van der Waals surface area contributed by atoms with Crippen LogP contribution in [-0.2, 0) is 24.3 Å². The number of anilines is 2. The predicted molar refractivity (Wildman–Crippen MR) is 87.9 cm³/mol. The number of rotatable bonds is 5. The van der Waals surface area contributed by atoms with Crippen molar-refractivity contribution in [2.24, 2.45) is 0 Å². The van der Waals surface area contributed by atoms with Crippen molar-refractivity contribution in [3.05, 3.63) is 59.2 Å². The Morgan fingerprint density at radius 2 is 2.05 bits per heavy atom. The fraction of sp³-hybridized carbons (Fsp3) is 0.333. The molecule has 0 saturated carbocycles. The third-order valence-electron chi connectivity index (χ3n) is 4.01. The molecule has 0 radical (unpaired) electrons. The molecule has 2 aromatic carbocycles. The Balaban J connectivity index is 1.66. The fourth-order valence-electron chi connectivity index (χ4n) is 2.87. The van der Waals surface area contributed by atoms with Gasteiger partial charge in [-0.3, -0.25) is 0 Å². The third-order valence-corrected chi connectivity index (χ3v) is 4.01. The first-order chi connectivity index (χ1) is 10.3. The quantitative estimate of drug-likeness (QED) is 0.909. The van der Waals surface area contributed by atoms with Gasteiger partial charge in [0.1, 0.15) is 0 Å². The summed E-state index contributed by atoms with van der Waals surface area (Å²) in [6.45, 7) is 2.64. The van der Waals surface area contributed by atoms with Crippen molar-refractivity contribution in [3.63, 3.8) is 0 Å². The van der Waals surface area contributed by atoms with Crippen LogP contribution in [-0.4, -0.2) is 20.7 Å². The summed E-state index contributed by atoms with van der Waals surface area (Å²) < 4.78 is 5.17. The number of hydrogen-bond donors (Lipinski definition) is 1. The molecule has 1 aliphatic heterocycles. The topological polar surface area (TPSA) is 24.5 Å². The number of methoxy groups -OCH3 is 1. The first kappa shape index (κ1) is 14.0. The summed E-state index contributed by atoms with van der Waals surface area (Å²) in [5.41, 5.74) is 6.51. The monoisotopic (exact) mass is 282 g/mol. The number of hydrogen-bond acceptors (Lipinski definition) is 3. The van der Waals surface area contributed by atoms with Crippen LogP contribution in [0.1, 0.15) is 16.7 Å². The zero-order valence-corrected chi connectivity index (χ0v) is 12.7. The molecule has 0 bridgehead atoms. The van der Waals surface area contributed by atoms with Crippen molar-refractivity contribution in [3.8, 4) is 0 Å². The summed E-state index contributed by atoms with van der Waals surface area (Å²) in [5, 5.41) is 3.49. The lowest BCUT2D eigenvalue weighted by molar-refractivity contribution is 0.185. The van der Waals surface area contributed by atoms with Crippen LogP contribution in [0.15, 0.2) is 42.5 Å². The van der Waals surface area contributed by atoms with Crippen LogP contribution in [0.2, 0.25) is 0 Å². The Morgan fingerprint density at radius 1 is 1.14 bits per heavy atom. The number of fused-ring (bicyclic) bond motifs is 1. The zero-order chi connectivity index (χ0) is 14.7. The largest absolute Gasteiger partial charge is 0.381 e. The molecule has 0 saturated heterocycles. The molecular formula is C18H22N2O. The predicted octanol–water partition coefficient (Wildman–Crippen LogP) is 3.44. The lowest BCUT2D eigenvalue weighted by Crippen LogP contribution is -2.12. The van der Waals surface area contributed by atoms with E-state index < -0.39 is 0 Å². The van der Waals surface area contributed by atoms with Gasteiger partial charge in [-0.15, -0.1) is 0 Å². The third kappa shape index (κ3) is 3.19. The molecule has 0 fully saturated rings. The molecule has 0 aromatic heterocycles. The van der Waals surface area contributed by atoms with Crippen LogP contribution < -0.4 is 10.2 Å². The Kier molecular flexibility index (Phi) is 4.11. The van der Waals surface area contributed by atoms with Crippen molar-refractivity contribution in [2.75, 3.05) is 30.9 Å². The Bertz CT molecular complexity index is 624. The number of nitrogens with zero attached hydrogens (tertiary/aromatic N) is 1. The maximum absolute atomic E-state index is 5.17. The minimum Gasteiger partial charge on any atom is -0.381 e. The highest BCUT2D eigenvalue weighted by molar-refractivity contribution is 5.58. The second-order valence-corrected chi connectivity index (χ2v) is 5.62. The van der Waals surface area contributed by atoms with Gasteiger partial charge in [-0.1, -0.05) is 24.3 Å². The van der Waals surface area contributed by atoms with E-state index in [1.54, 1.807) is 7.11 Å². The van der Waals surface area contributed by atoms with Gasteiger partial charge in [0, 0.05) is 38.6 Å². The van der Waals surface area contributed by atoms with E-state index in [9.17, 15) is 0 Å². The van der Waals surface area contributed by atoms with E-state index in [0.29, 0.717) is 6.61 Å². The summed E-state index contributed by atoms with van der Waals surface area (Å²) >= 11 is 0. The summed E-state index contributed by atoms with van der Waals surface area (Å²) in [6.07, 6.45) is 1.16. The number of ether oxygens (including phenoxy) is 1. The van der Waals surface area contributed by atoms with Gasteiger partial charge < -0.3 is 15.0 Å². The summed E-state index contributed by atoms with van der Waals surface area (Å²) in [5.74, 6) is 0. The smallest absolute Gasteiger partial charge is 0.0713 e. The van der Waals surface area contributed by atoms with Gasteiger partial charge in [-0.05, 0) is 41.3 Å². The van der Waals surface area contributed by atoms with Crippen LogP contribution in [0.5, 0.6) is 0 Å². The molecule has 0 spiro atoms. The van der Waals surface area contributed by atoms with Crippen molar-refractivity contribution in [1.82, 2.24) is 0 Å². The lowest BCUT2D eigenvalue weighted by Gasteiger charge is -2.13. The average Bonchev–Trinajstić information content (AvgIpc) is 2.87. The molecule has 0 unspecified atom stereocenters. The van der Waals surface area contributed by atoms with Gasteiger partial charge in [-0.25, -0.2) is 0 Å². The first-order valence-corrected chi connectivity index (χ1v) is 7.41. The van der Waals surface area contributed by atoms with Crippen molar-refractivity contribution in [1.29, 1.82) is 0 Å². The van der Waals surface area contributed by atoms with Gasteiger partial charge in [-0.2, -0.15) is 0 Å². The maximum Gasteiger partial charge on any atom is 0.0713 e. The van der Waals surface area contributed by atoms with E-state index in [0.717, 1.165) is 25.2 Å². The normalized spacial score (nSPS) is 13.3. The molecule has 1 aliphatic rings. The Hall–Kier alpha value is -2.00. The lowest BCUT2D eigenvalue weighted by atomic mass is 10.1. The van der Waals surface area contributed by atoms with Gasteiger partial charge in [0.05, 0.1) is 6.61 Å². The number of likely N-dealkylation sites (N-methyl/N-ethyl adjacent to an activating group) is 1. The molecule has 3 rings (SSSR count). The maximum atomic E-state index is 5.17. The summed E-state index contributed by atoms with van der Waals surface area (Å²) in [6, 6.07) is 15.2. The van der Waals surface area contributed by atoms with E-state index in [2.05, 4.69) is 59.7 Å². The van der Waals surface area contributed by atoms with Crippen LogP contribution in [0, 0.1) is 0 Å². The molecule has 110 valence electrons. The van der Waals surface area contributed by atoms with E-state index in [1.165, 1.54) is 22.4 Å². The van der Waals surface area contributed by atoms with Crippen molar-refractivity contribution < 1.29 is 4.74 Å². The number of benzene rings is 2. The van der Waals surface area contributed by atoms with E-state index >= 15 is 0 Å². The second-order valence-electron chi connectivity index (χ2n) is 5.62. The summed E-state index contributed by atoms with van der Waals surface area (Å²) in [7, 11) is 3.88. The summed E-state index contributed by atoms with van der Waals surface area (Å²) in [4.78, 5) is 2.32. The first-order valence-electron chi connectivity index (χ1n) is 7.41. The minimum absolute atomic E-state index is 0.653. The fourth-order valence-corrected chi connectivity index (χ4v) is 2.87. The van der Waals surface area contributed by atoms with E-state index in [1.807, 2.05) is 0 Å². The standard InChI is InChI=1S/C18H22N2O/c1-20-9-8-16-10-14(6-7-18(16)20)12-19-17-5-3-4-15(11-17)13-21-2/h3-7,10-11,19H,8-9,12-13H2,1-2H3. The molecule has 3 heteroatoms. The molecule has 2 aromatic rings. The average molecular weight is 282 g/mol. The Morgan fingerprint density at radius 3 is 2.90 bits per heavy atom. The van der Waals surface area contributed by atoms with Crippen LogP contribution in [0.4, 0.5) is 11.4 Å². The van der Waals surface area contributed by atoms with Gasteiger partial charge in [0.15, 0.2) is 0 Å².